The van der Waals surface area contributed by atoms with Gasteiger partial charge in [0.15, 0.2) is 0 Å². The molecule has 1 aromatic heterocycles. The van der Waals surface area contributed by atoms with Crippen molar-refractivity contribution >= 4 is 51.5 Å². The summed E-state index contributed by atoms with van der Waals surface area (Å²) < 4.78 is 16.8. The van der Waals surface area contributed by atoms with Gasteiger partial charge in [0.1, 0.15) is 23.8 Å². The molecule has 34 heavy (non-hydrogen) atoms. The fourth-order valence-corrected chi connectivity index (χ4v) is 3.65. The van der Waals surface area contributed by atoms with Crippen LogP contribution in [-0.4, -0.2) is 29.9 Å². The van der Waals surface area contributed by atoms with Gasteiger partial charge in [-0.15, -0.1) is 0 Å². The topological polar surface area (TPSA) is 98.1 Å². The van der Waals surface area contributed by atoms with Gasteiger partial charge in [0, 0.05) is 15.1 Å². The Balaban J connectivity index is 1.52. The average Bonchev–Trinajstić information content (AvgIpc) is 3.39. The van der Waals surface area contributed by atoms with E-state index in [0.29, 0.717) is 22.9 Å². The number of nitrogens with one attached hydrogen (secondary N) is 1. The van der Waals surface area contributed by atoms with Crippen LogP contribution in [0.25, 0.3) is 6.08 Å². The van der Waals surface area contributed by atoms with Crippen LogP contribution < -0.4 is 10.1 Å². The number of rotatable bonds is 7. The van der Waals surface area contributed by atoms with Crippen molar-refractivity contribution in [3.05, 3.63) is 92.4 Å². The van der Waals surface area contributed by atoms with E-state index in [9.17, 15) is 14.4 Å². The molecule has 8 nitrogen and oxygen atoms in total. The second-order valence-electron chi connectivity index (χ2n) is 7.23. The lowest BCUT2D eigenvalue weighted by Crippen LogP contribution is -2.30. The minimum atomic E-state index is -0.652. The van der Waals surface area contributed by atoms with Crippen molar-refractivity contribution < 1.29 is 28.3 Å². The third kappa shape index (κ3) is 5.32. The number of halogens is 2. The fourth-order valence-electron chi connectivity index (χ4n) is 3.21. The summed E-state index contributed by atoms with van der Waals surface area (Å²) in [5, 5.41) is 3.00. The van der Waals surface area contributed by atoms with E-state index in [1.165, 1.54) is 25.3 Å². The zero-order valence-corrected chi connectivity index (χ0v) is 20.2. The number of amides is 3. The van der Waals surface area contributed by atoms with Gasteiger partial charge in [-0.25, -0.2) is 9.59 Å². The van der Waals surface area contributed by atoms with Crippen molar-refractivity contribution in [1.82, 2.24) is 10.2 Å². The van der Waals surface area contributed by atoms with Crippen molar-refractivity contribution in [3.63, 3.8) is 0 Å². The largest absolute Gasteiger partial charge is 0.488 e. The molecule has 0 atom stereocenters. The predicted molar refractivity (Wildman–Crippen MR) is 127 cm³/mol. The molecule has 1 aliphatic heterocycles. The van der Waals surface area contributed by atoms with Crippen molar-refractivity contribution in [2.45, 2.75) is 13.2 Å². The van der Waals surface area contributed by atoms with Crippen LogP contribution in [0.1, 0.15) is 27.4 Å². The Labute approximate surface area is 208 Å². The van der Waals surface area contributed by atoms with Crippen molar-refractivity contribution in [3.8, 4) is 5.75 Å². The lowest BCUT2D eigenvalue weighted by atomic mass is 10.1. The number of imide groups is 1. The highest BCUT2D eigenvalue weighted by Gasteiger charge is 2.34. The van der Waals surface area contributed by atoms with Crippen LogP contribution >= 0.6 is 27.5 Å². The second-order valence-corrected chi connectivity index (χ2v) is 8.59. The van der Waals surface area contributed by atoms with E-state index in [4.69, 9.17) is 20.8 Å². The van der Waals surface area contributed by atoms with Crippen molar-refractivity contribution in [2.75, 3.05) is 7.11 Å². The minimum absolute atomic E-state index is 0.0215. The lowest BCUT2D eigenvalue weighted by Gasteiger charge is -2.11. The lowest BCUT2D eigenvalue weighted by molar-refractivity contribution is -0.123. The molecule has 0 bridgehead atoms. The SMILES string of the molecule is COC(=O)c1ccc(CN2C(=O)N/C(=C\c3cc(Cl)ccc3OCc3ccc(Br)cc3)C2=O)o1. The molecule has 1 saturated heterocycles. The summed E-state index contributed by atoms with van der Waals surface area (Å²) in [7, 11) is 1.23. The molecule has 10 heteroatoms. The molecule has 3 amide bonds. The highest BCUT2D eigenvalue weighted by atomic mass is 79.9. The fraction of sp³-hybridized carbons (Fsp3) is 0.125. The zero-order valence-electron chi connectivity index (χ0n) is 17.8. The van der Waals surface area contributed by atoms with Gasteiger partial charge >= 0.3 is 12.0 Å². The van der Waals surface area contributed by atoms with E-state index in [2.05, 4.69) is 26.0 Å². The first-order chi connectivity index (χ1) is 16.3. The number of urea groups is 1. The van der Waals surface area contributed by atoms with E-state index >= 15 is 0 Å². The molecule has 3 aromatic rings. The standard InChI is InChI=1S/C24H18BrClN2O6/c1-32-23(30)21-9-7-18(34-21)12-28-22(29)19(27-24(28)31)11-15-10-17(26)6-8-20(15)33-13-14-2-4-16(25)5-3-14/h2-11H,12-13H2,1H3,(H,27,31)/b19-11-. The van der Waals surface area contributed by atoms with E-state index in [0.717, 1.165) is 14.9 Å². The molecule has 1 N–H and O–H groups in total. The van der Waals surface area contributed by atoms with E-state index in [-0.39, 0.29) is 23.8 Å². The molecular formula is C24H18BrClN2O6. The highest BCUT2D eigenvalue weighted by Crippen LogP contribution is 2.28. The molecule has 174 valence electrons. The van der Waals surface area contributed by atoms with Crippen LogP contribution in [0.15, 0.2) is 69.2 Å². The Kier molecular flexibility index (Phi) is 7.04. The number of nitrogens with zero attached hydrogens (tertiary/aromatic N) is 1. The Morgan fingerprint density at radius 2 is 1.91 bits per heavy atom. The molecule has 1 fully saturated rings. The molecule has 0 aliphatic carbocycles. The van der Waals surface area contributed by atoms with Crippen molar-refractivity contribution in [1.29, 1.82) is 0 Å². The van der Waals surface area contributed by atoms with Gasteiger partial charge < -0.3 is 19.2 Å². The molecule has 4 rings (SSSR count). The average molecular weight is 546 g/mol. The van der Waals surface area contributed by atoms with Gasteiger partial charge in [0.2, 0.25) is 5.76 Å². The van der Waals surface area contributed by atoms with Crippen LogP contribution in [-0.2, 0) is 22.7 Å². The molecule has 1 aliphatic rings. The summed E-state index contributed by atoms with van der Waals surface area (Å²) in [6.45, 7) is 0.153. The van der Waals surface area contributed by atoms with Crippen LogP contribution in [0, 0.1) is 0 Å². The molecule has 2 aromatic carbocycles. The van der Waals surface area contributed by atoms with Gasteiger partial charge in [-0.2, -0.15) is 0 Å². The first kappa shape index (κ1) is 23.6. The Bertz CT molecular complexity index is 1280. The number of hydrogen-bond donors (Lipinski definition) is 1. The smallest absolute Gasteiger partial charge is 0.373 e. The molecule has 2 heterocycles. The number of esters is 1. The minimum Gasteiger partial charge on any atom is -0.488 e. The van der Waals surface area contributed by atoms with E-state index < -0.39 is 17.9 Å². The molecular weight excluding hydrogens is 528 g/mol. The van der Waals surface area contributed by atoms with Crippen molar-refractivity contribution in [2.24, 2.45) is 0 Å². The monoisotopic (exact) mass is 544 g/mol. The summed E-state index contributed by atoms with van der Waals surface area (Å²) in [4.78, 5) is 37.9. The summed E-state index contributed by atoms with van der Waals surface area (Å²) in [6.07, 6.45) is 1.51. The summed E-state index contributed by atoms with van der Waals surface area (Å²) in [5.74, 6) is -0.479. The normalized spacial score (nSPS) is 14.4. The number of benzene rings is 2. The van der Waals surface area contributed by atoms with Crippen LogP contribution in [0.5, 0.6) is 5.75 Å². The van der Waals surface area contributed by atoms with Gasteiger partial charge in [-0.3, -0.25) is 9.69 Å². The quantitative estimate of drug-likeness (QED) is 0.250. The second kappa shape index (κ2) is 10.1. The Hall–Kier alpha value is -3.56. The number of methoxy groups -OCH3 is 1. The van der Waals surface area contributed by atoms with E-state index in [1.54, 1.807) is 18.2 Å². The van der Waals surface area contributed by atoms with Crippen LogP contribution in [0.4, 0.5) is 4.79 Å². The number of furan rings is 1. The third-order valence-electron chi connectivity index (χ3n) is 4.90. The number of hydrogen-bond acceptors (Lipinski definition) is 6. The summed E-state index contributed by atoms with van der Waals surface area (Å²) in [6, 6.07) is 15.0. The van der Waals surface area contributed by atoms with Gasteiger partial charge in [-0.05, 0) is 54.1 Å². The van der Waals surface area contributed by atoms with Crippen LogP contribution in [0.2, 0.25) is 5.02 Å². The third-order valence-corrected chi connectivity index (χ3v) is 5.67. The molecule has 0 unspecified atom stereocenters. The number of carbonyl (C=O) groups is 3. The Morgan fingerprint density at radius 1 is 1.15 bits per heavy atom. The number of ether oxygens (including phenoxy) is 2. The van der Waals surface area contributed by atoms with E-state index in [1.807, 2.05) is 24.3 Å². The van der Waals surface area contributed by atoms with Gasteiger partial charge in [0.05, 0.1) is 13.7 Å². The Morgan fingerprint density at radius 3 is 2.65 bits per heavy atom. The summed E-state index contributed by atoms with van der Waals surface area (Å²) >= 11 is 9.55. The zero-order chi connectivity index (χ0) is 24.2. The maximum absolute atomic E-state index is 12.9. The highest BCUT2D eigenvalue weighted by molar-refractivity contribution is 9.10. The molecule has 0 saturated carbocycles. The first-order valence-corrected chi connectivity index (χ1v) is 11.2. The number of carbonyl (C=O) groups excluding carboxylic acids is 3. The van der Waals surface area contributed by atoms with Gasteiger partial charge in [0.25, 0.3) is 5.91 Å². The maximum atomic E-state index is 12.9. The molecule has 0 radical (unpaired) electrons. The predicted octanol–water partition coefficient (Wildman–Crippen LogP) is 5.15. The van der Waals surface area contributed by atoms with Gasteiger partial charge in [-0.1, -0.05) is 39.7 Å². The van der Waals surface area contributed by atoms with Crippen LogP contribution in [0.3, 0.4) is 0 Å². The maximum Gasteiger partial charge on any atom is 0.373 e. The first-order valence-electron chi connectivity index (χ1n) is 10.0. The molecule has 0 spiro atoms. The summed E-state index contributed by atoms with van der Waals surface area (Å²) in [5.41, 5.74) is 1.54.